The lowest BCUT2D eigenvalue weighted by molar-refractivity contribution is 0.580. The van der Waals surface area contributed by atoms with Gasteiger partial charge in [-0.2, -0.15) is 0 Å². The Kier molecular flexibility index (Phi) is 7.93. The molecule has 0 bridgehead atoms. The summed E-state index contributed by atoms with van der Waals surface area (Å²) in [6.45, 7) is 4.30. The average molecular weight is 548 g/mol. The van der Waals surface area contributed by atoms with Crippen LogP contribution in [0.15, 0.2) is 144 Å². The summed E-state index contributed by atoms with van der Waals surface area (Å²) in [5.74, 6) is 0. The predicted octanol–water partition coefficient (Wildman–Crippen LogP) is 5.08. The SMILES string of the molecule is Cc1ccc(C(CNS(=O)(=O)c2ccc(C)cc2)[Si](c2ccccc2)(c2ccccc2)c2ccccc2)cc1. The molecule has 5 rings (SSSR count). The quantitative estimate of drug-likeness (QED) is 0.207. The second-order valence-corrected chi connectivity index (χ2v) is 15.8. The van der Waals surface area contributed by atoms with Gasteiger partial charge in [-0.3, -0.25) is 0 Å². The van der Waals surface area contributed by atoms with E-state index in [-0.39, 0.29) is 17.0 Å². The van der Waals surface area contributed by atoms with Gasteiger partial charge < -0.3 is 0 Å². The van der Waals surface area contributed by atoms with Crippen LogP contribution < -0.4 is 20.3 Å². The smallest absolute Gasteiger partial charge is 0.211 e. The Morgan fingerprint density at radius 1 is 0.564 bits per heavy atom. The van der Waals surface area contributed by atoms with Gasteiger partial charge >= 0.3 is 0 Å². The molecule has 1 unspecified atom stereocenters. The van der Waals surface area contributed by atoms with Gasteiger partial charge in [-0.05, 0) is 47.1 Å². The van der Waals surface area contributed by atoms with Crippen LogP contribution in [0, 0.1) is 13.8 Å². The highest BCUT2D eigenvalue weighted by atomic mass is 32.2. The van der Waals surface area contributed by atoms with Crippen molar-refractivity contribution in [2.45, 2.75) is 24.3 Å². The Hall–Kier alpha value is -3.77. The maximum absolute atomic E-state index is 13.6. The van der Waals surface area contributed by atoms with E-state index in [0.29, 0.717) is 0 Å². The minimum absolute atomic E-state index is 0.120. The van der Waals surface area contributed by atoms with Crippen LogP contribution in [0.3, 0.4) is 0 Å². The lowest BCUT2D eigenvalue weighted by Crippen LogP contribution is -2.72. The second-order valence-electron chi connectivity index (χ2n) is 10.0. The van der Waals surface area contributed by atoms with Crippen LogP contribution in [0.2, 0.25) is 0 Å². The summed E-state index contributed by atoms with van der Waals surface area (Å²) in [4.78, 5) is 0.280. The van der Waals surface area contributed by atoms with Gasteiger partial charge in [-0.25, -0.2) is 13.1 Å². The molecule has 0 radical (unpaired) electrons. The van der Waals surface area contributed by atoms with E-state index >= 15 is 0 Å². The van der Waals surface area contributed by atoms with Crippen LogP contribution in [0.1, 0.15) is 22.2 Å². The van der Waals surface area contributed by atoms with E-state index in [1.807, 2.05) is 37.3 Å². The Morgan fingerprint density at radius 3 is 1.36 bits per heavy atom. The molecule has 5 heteroatoms. The monoisotopic (exact) mass is 547 g/mol. The van der Waals surface area contributed by atoms with E-state index in [4.69, 9.17) is 0 Å². The molecule has 1 N–H and O–H groups in total. The number of aryl methyl sites for hydroxylation is 2. The number of rotatable bonds is 9. The number of nitrogens with one attached hydrogen (secondary N) is 1. The minimum Gasteiger partial charge on any atom is -0.211 e. The molecule has 0 aliphatic rings. The molecular weight excluding hydrogens is 515 g/mol. The summed E-state index contributed by atoms with van der Waals surface area (Å²) in [5, 5.41) is 3.72. The average Bonchev–Trinajstić information content (AvgIpc) is 2.97. The maximum Gasteiger partial charge on any atom is 0.240 e. The summed E-state index contributed by atoms with van der Waals surface area (Å²) in [6, 6.07) is 47.5. The molecule has 0 aromatic heterocycles. The molecule has 1 atom stereocenters. The maximum atomic E-state index is 13.6. The number of sulfonamides is 1. The fourth-order valence-electron chi connectivity index (χ4n) is 5.52. The van der Waals surface area contributed by atoms with Crippen LogP contribution in [-0.4, -0.2) is 23.0 Å². The van der Waals surface area contributed by atoms with Crippen molar-refractivity contribution in [3.8, 4) is 0 Å². The lowest BCUT2D eigenvalue weighted by atomic mass is 10.1. The Balaban J connectivity index is 1.75. The zero-order valence-corrected chi connectivity index (χ0v) is 24.1. The fraction of sp³-hybridized carbons (Fsp3) is 0.118. The zero-order chi connectivity index (χ0) is 27.3. The largest absolute Gasteiger partial charge is 0.240 e. The number of hydrogen-bond donors (Lipinski definition) is 1. The first-order valence-corrected chi connectivity index (χ1v) is 16.8. The van der Waals surface area contributed by atoms with Gasteiger partial charge in [0.25, 0.3) is 0 Å². The van der Waals surface area contributed by atoms with Crippen molar-refractivity contribution in [1.82, 2.24) is 4.72 Å². The summed E-state index contributed by atoms with van der Waals surface area (Å²) in [7, 11) is -6.57. The highest BCUT2D eigenvalue weighted by molar-refractivity contribution is 7.89. The zero-order valence-electron chi connectivity index (χ0n) is 22.3. The van der Waals surface area contributed by atoms with Gasteiger partial charge in [0.2, 0.25) is 10.0 Å². The van der Waals surface area contributed by atoms with E-state index in [2.05, 4.69) is 109 Å². The molecule has 5 aromatic carbocycles. The molecular formula is C34H33NO2SSi. The molecule has 3 nitrogen and oxygen atoms in total. The van der Waals surface area contributed by atoms with E-state index in [0.717, 1.165) is 11.1 Å². The molecule has 196 valence electrons. The van der Waals surface area contributed by atoms with Crippen molar-refractivity contribution in [3.63, 3.8) is 0 Å². The summed E-state index contributed by atoms with van der Waals surface area (Å²) in [6.07, 6.45) is 0. The molecule has 0 aliphatic carbocycles. The third-order valence-electron chi connectivity index (χ3n) is 7.50. The molecule has 5 aromatic rings. The molecule has 39 heavy (non-hydrogen) atoms. The molecule has 0 heterocycles. The van der Waals surface area contributed by atoms with E-state index in [1.165, 1.54) is 21.1 Å². The summed E-state index contributed by atoms with van der Waals surface area (Å²) >= 11 is 0. The van der Waals surface area contributed by atoms with Gasteiger partial charge in [0.1, 0.15) is 0 Å². The standard InChI is InChI=1S/C34H33NO2SSi/c1-27-18-22-29(23-19-27)34(26-35-38(36,37)30-24-20-28(2)21-25-30)39(31-12-6-3-7-13-31,32-14-8-4-9-15-32)33-16-10-5-11-17-33/h3-25,34-35H,26H2,1-2H3. The molecule has 0 spiro atoms. The minimum atomic E-state index is -3.72. The highest BCUT2D eigenvalue weighted by Crippen LogP contribution is 2.28. The van der Waals surface area contributed by atoms with Crippen molar-refractivity contribution in [3.05, 3.63) is 156 Å². The molecule has 0 fully saturated rings. The first-order chi connectivity index (χ1) is 18.9. The topological polar surface area (TPSA) is 46.2 Å². The Labute approximate surface area is 233 Å². The van der Waals surface area contributed by atoms with Crippen molar-refractivity contribution < 1.29 is 8.42 Å². The third kappa shape index (κ3) is 5.52. The lowest BCUT2D eigenvalue weighted by Gasteiger charge is -2.41. The van der Waals surface area contributed by atoms with Gasteiger partial charge in [-0.15, -0.1) is 0 Å². The molecule has 0 aliphatic heterocycles. The van der Waals surface area contributed by atoms with Crippen LogP contribution in [0.5, 0.6) is 0 Å². The van der Waals surface area contributed by atoms with Crippen LogP contribution in [0.4, 0.5) is 0 Å². The second kappa shape index (κ2) is 11.5. The number of benzene rings is 5. The first kappa shape index (κ1) is 26.8. The van der Waals surface area contributed by atoms with Crippen LogP contribution >= 0.6 is 0 Å². The predicted molar refractivity (Wildman–Crippen MR) is 164 cm³/mol. The van der Waals surface area contributed by atoms with Crippen molar-refractivity contribution >= 4 is 33.7 Å². The summed E-state index contributed by atoms with van der Waals surface area (Å²) in [5.41, 5.74) is 3.19. The molecule has 0 saturated carbocycles. The van der Waals surface area contributed by atoms with Gasteiger partial charge in [-0.1, -0.05) is 139 Å². The Morgan fingerprint density at radius 2 is 0.949 bits per heavy atom. The highest BCUT2D eigenvalue weighted by Gasteiger charge is 2.47. The molecule has 0 amide bonds. The first-order valence-electron chi connectivity index (χ1n) is 13.2. The number of hydrogen-bond acceptors (Lipinski definition) is 2. The summed E-state index contributed by atoms with van der Waals surface area (Å²) < 4.78 is 30.2. The van der Waals surface area contributed by atoms with Crippen molar-refractivity contribution in [1.29, 1.82) is 0 Å². The van der Waals surface area contributed by atoms with E-state index in [1.54, 1.807) is 12.1 Å². The van der Waals surface area contributed by atoms with Gasteiger partial charge in [0, 0.05) is 12.1 Å². The Bertz CT molecular complexity index is 1510. The van der Waals surface area contributed by atoms with Gasteiger partial charge in [0.15, 0.2) is 8.07 Å². The fourth-order valence-corrected chi connectivity index (χ4v) is 12.2. The third-order valence-corrected chi connectivity index (χ3v) is 14.3. The normalized spacial score (nSPS) is 12.7. The van der Waals surface area contributed by atoms with Crippen molar-refractivity contribution in [2.24, 2.45) is 0 Å². The van der Waals surface area contributed by atoms with Gasteiger partial charge in [0.05, 0.1) is 4.90 Å². The van der Waals surface area contributed by atoms with Crippen LogP contribution in [0.25, 0.3) is 0 Å². The molecule has 0 saturated heterocycles. The van der Waals surface area contributed by atoms with Crippen molar-refractivity contribution in [2.75, 3.05) is 6.54 Å². The van der Waals surface area contributed by atoms with E-state index in [9.17, 15) is 8.42 Å². The van der Waals surface area contributed by atoms with E-state index < -0.39 is 18.1 Å². The van der Waals surface area contributed by atoms with Crippen LogP contribution in [-0.2, 0) is 10.0 Å².